The first-order valence-corrected chi connectivity index (χ1v) is 10.5. The van der Waals surface area contributed by atoms with E-state index >= 15 is 0 Å². The van der Waals surface area contributed by atoms with Crippen molar-refractivity contribution in [2.75, 3.05) is 25.5 Å². The summed E-state index contributed by atoms with van der Waals surface area (Å²) in [5.74, 6) is -0.698. The molecule has 0 aromatic heterocycles. The Labute approximate surface area is 164 Å². The quantitative estimate of drug-likeness (QED) is 0.828. The zero-order valence-corrected chi connectivity index (χ0v) is 16.6. The normalized spacial score (nSPS) is 16.0. The number of hydrogen-bond donors (Lipinski definition) is 1. The first-order chi connectivity index (χ1) is 13.3. The molecule has 0 bridgehead atoms. The van der Waals surface area contributed by atoms with E-state index in [9.17, 15) is 17.6 Å². The average molecular weight is 406 g/mol. The second-order valence-corrected chi connectivity index (χ2v) is 8.71. The van der Waals surface area contributed by atoms with Crippen molar-refractivity contribution >= 4 is 21.6 Å². The van der Waals surface area contributed by atoms with E-state index < -0.39 is 15.8 Å². The molecule has 28 heavy (non-hydrogen) atoms. The number of anilines is 1. The fourth-order valence-electron chi connectivity index (χ4n) is 3.31. The van der Waals surface area contributed by atoms with Crippen LogP contribution in [0.25, 0.3) is 0 Å². The summed E-state index contributed by atoms with van der Waals surface area (Å²) in [5.41, 5.74) is 1.58. The van der Waals surface area contributed by atoms with Crippen molar-refractivity contribution in [3.63, 3.8) is 0 Å². The third kappa shape index (κ3) is 4.18. The number of aryl methyl sites for hydroxylation is 1. The largest absolute Gasteiger partial charge is 0.495 e. The van der Waals surface area contributed by atoms with Crippen molar-refractivity contribution in [2.45, 2.75) is 24.7 Å². The van der Waals surface area contributed by atoms with Crippen LogP contribution in [0.4, 0.5) is 10.1 Å². The maximum Gasteiger partial charge on any atom is 0.245 e. The third-order valence-electron chi connectivity index (χ3n) is 4.89. The fourth-order valence-corrected chi connectivity index (χ4v) is 4.84. The molecule has 1 heterocycles. The van der Waals surface area contributed by atoms with E-state index in [1.54, 1.807) is 6.07 Å². The van der Waals surface area contributed by atoms with Gasteiger partial charge in [-0.15, -0.1) is 0 Å². The molecular formula is C20H23FN2O4S. The highest BCUT2D eigenvalue weighted by Gasteiger charge is 2.33. The molecule has 0 saturated carbocycles. The maximum atomic E-state index is 13.9. The molecule has 2 aromatic rings. The van der Waals surface area contributed by atoms with E-state index in [0.29, 0.717) is 24.3 Å². The van der Waals surface area contributed by atoms with Crippen LogP contribution >= 0.6 is 0 Å². The summed E-state index contributed by atoms with van der Waals surface area (Å²) in [5, 5.41) is 2.87. The zero-order chi connectivity index (χ0) is 20.3. The van der Waals surface area contributed by atoms with Gasteiger partial charge in [0.1, 0.15) is 16.5 Å². The van der Waals surface area contributed by atoms with Crippen LogP contribution in [0.1, 0.15) is 18.4 Å². The smallest absolute Gasteiger partial charge is 0.245 e. The molecule has 1 N–H and O–H groups in total. The fraction of sp³-hybridized carbons (Fsp3) is 0.350. The molecule has 0 radical (unpaired) electrons. The molecule has 1 aliphatic heterocycles. The summed E-state index contributed by atoms with van der Waals surface area (Å²) < 4.78 is 45.8. The van der Waals surface area contributed by atoms with E-state index in [0.717, 1.165) is 11.6 Å². The Hall–Kier alpha value is -2.45. The summed E-state index contributed by atoms with van der Waals surface area (Å²) in [6.45, 7) is 2.25. The van der Waals surface area contributed by atoms with Gasteiger partial charge in [-0.1, -0.05) is 18.2 Å². The van der Waals surface area contributed by atoms with E-state index in [-0.39, 0.29) is 29.8 Å². The number of piperidine rings is 1. The lowest BCUT2D eigenvalue weighted by Gasteiger charge is -2.30. The number of nitrogens with zero attached hydrogens (tertiary/aromatic N) is 1. The predicted octanol–water partition coefficient (Wildman–Crippen LogP) is 3.18. The van der Waals surface area contributed by atoms with Crippen molar-refractivity contribution in [2.24, 2.45) is 5.92 Å². The minimum Gasteiger partial charge on any atom is -0.495 e. The lowest BCUT2D eigenvalue weighted by Crippen LogP contribution is -2.41. The van der Waals surface area contributed by atoms with Gasteiger partial charge in [0.15, 0.2) is 0 Å². The zero-order valence-electron chi connectivity index (χ0n) is 15.8. The molecule has 1 aliphatic rings. The number of ether oxygens (including phenoxy) is 1. The van der Waals surface area contributed by atoms with Gasteiger partial charge in [0.05, 0.1) is 12.8 Å². The number of benzene rings is 2. The monoisotopic (exact) mass is 406 g/mol. The lowest BCUT2D eigenvalue weighted by molar-refractivity contribution is -0.120. The van der Waals surface area contributed by atoms with E-state index in [2.05, 4.69) is 5.32 Å². The molecule has 1 saturated heterocycles. The van der Waals surface area contributed by atoms with Crippen molar-refractivity contribution in [3.05, 3.63) is 53.8 Å². The SMILES string of the molecule is COc1ccc(C)cc1NC(=O)C1CCN(S(=O)(=O)c2ccccc2F)CC1. The Morgan fingerprint density at radius 2 is 1.86 bits per heavy atom. The second-order valence-electron chi connectivity index (χ2n) is 6.80. The Balaban J connectivity index is 1.66. The van der Waals surface area contributed by atoms with Crippen LogP contribution in [-0.4, -0.2) is 38.8 Å². The van der Waals surface area contributed by atoms with Gasteiger partial charge in [-0.2, -0.15) is 4.31 Å². The van der Waals surface area contributed by atoms with E-state index in [1.807, 2.05) is 19.1 Å². The Kier molecular flexibility index (Phi) is 6.00. The van der Waals surface area contributed by atoms with Crippen LogP contribution < -0.4 is 10.1 Å². The van der Waals surface area contributed by atoms with Gasteiger partial charge in [0.2, 0.25) is 15.9 Å². The molecule has 1 amide bonds. The molecule has 0 unspecified atom stereocenters. The van der Waals surface area contributed by atoms with Gasteiger partial charge >= 0.3 is 0 Å². The molecule has 1 fully saturated rings. The van der Waals surface area contributed by atoms with Gasteiger partial charge < -0.3 is 10.1 Å². The van der Waals surface area contributed by atoms with Gasteiger partial charge in [-0.25, -0.2) is 12.8 Å². The number of rotatable bonds is 5. The van der Waals surface area contributed by atoms with Crippen molar-refractivity contribution in [3.8, 4) is 5.75 Å². The lowest BCUT2D eigenvalue weighted by atomic mass is 9.97. The molecular weight excluding hydrogens is 383 g/mol. The number of carbonyl (C=O) groups is 1. The highest BCUT2D eigenvalue weighted by atomic mass is 32.2. The Morgan fingerprint density at radius 3 is 2.50 bits per heavy atom. The summed E-state index contributed by atoms with van der Waals surface area (Å²) in [7, 11) is -2.38. The summed E-state index contributed by atoms with van der Waals surface area (Å²) in [6, 6.07) is 10.8. The minimum atomic E-state index is -3.91. The number of nitrogens with one attached hydrogen (secondary N) is 1. The number of amides is 1. The summed E-state index contributed by atoms with van der Waals surface area (Å²) in [4.78, 5) is 12.3. The van der Waals surface area contributed by atoms with Crippen LogP contribution in [0, 0.1) is 18.7 Å². The molecule has 150 valence electrons. The highest BCUT2D eigenvalue weighted by molar-refractivity contribution is 7.89. The van der Waals surface area contributed by atoms with E-state index in [1.165, 1.54) is 29.6 Å². The molecule has 0 spiro atoms. The predicted molar refractivity (Wildman–Crippen MR) is 104 cm³/mol. The maximum absolute atomic E-state index is 13.9. The summed E-state index contributed by atoms with van der Waals surface area (Å²) in [6.07, 6.45) is 0.737. The average Bonchev–Trinajstić information content (AvgIpc) is 2.68. The van der Waals surface area contributed by atoms with Crippen LogP contribution in [0.2, 0.25) is 0 Å². The van der Waals surface area contributed by atoms with Gasteiger partial charge in [-0.3, -0.25) is 4.79 Å². The molecule has 6 nitrogen and oxygen atoms in total. The van der Waals surface area contributed by atoms with Crippen LogP contribution in [0.5, 0.6) is 5.75 Å². The molecule has 0 atom stereocenters. The third-order valence-corrected chi connectivity index (χ3v) is 6.82. The standard InChI is InChI=1S/C20H23FN2O4S/c1-14-7-8-18(27-2)17(13-14)22-20(24)15-9-11-23(12-10-15)28(25,26)19-6-4-3-5-16(19)21/h3-8,13,15H,9-12H2,1-2H3,(H,22,24). The summed E-state index contributed by atoms with van der Waals surface area (Å²) >= 11 is 0. The molecule has 2 aromatic carbocycles. The number of methoxy groups -OCH3 is 1. The first-order valence-electron chi connectivity index (χ1n) is 9.03. The highest BCUT2D eigenvalue weighted by Crippen LogP contribution is 2.29. The molecule has 0 aliphatic carbocycles. The van der Waals surface area contributed by atoms with Crippen LogP contribution in [0.15, 0.2) is 47.4 Å². The van der Waals surface area contributed by atoms with E-state index in [4.69, 9.17) is 4.74 Å². The Morgan fingerprint density at radius 1 is 1.18 bits per heavy atom. The molecule has 8 heteroatoms. The van der Waals surface area contributed by atoms with Crippen molar-refractivity contribution in [1.29, 1.82) is 0 Å². The number of hydrogen-bond acceptors (Lipinski definition) is 4. The number of halogens is 1. The minimum absolute atomic E-state index is 0.166. The van der Waals surface area contributed by atoms with Crippen molar-refractivity contribution < 1.29 is 22.3 Å². The topological polar surface area (TPSA) is 75.7 Å². The second kappa shape index (κ2) is 8.28. The number of sulfonamides is 1. The van der Waals surface area contributed by atoms with Crippen LogP contribution in [0.3, 0.4) is 0 Å². The Bertz CT molecular complexity index is 970. The van der Waals surface area contributed by atoms with Gasteiger partial charge in [0.25, 0.3) is 0 Å². The first kappa shape index (κ1) is 20.3. The van der Waals surface area contributed by atoms with Crippen molar-refractivity contribution in [1.82, 2.24) is 4.31 Å². The van der Waals surface area contributed by atoms with Crippen LogP contribution in [-0.2, 0) is 14.8 Å². The molecule has 3 rings (SSSR count). The van der Waals surface area contributed by atoms with Gasteiger partial charge in [0, 0.05) is 19.0 Å². The van der Waals surface area contributed by atoms with Gasteiger partial charge in [-0.05, 0) is 49.6 Å². The number of carbonyl (C=O) groups excluding carboxylic acids is 1.